The van der Waals surface area contributed by atoms with Gasteiger partial charge in [-0.05, 0) is 55.3 Å². The lowest BCUT2D eigenvalue weighted by Gasteiger charge is -1.99. The van der Waals surface area contributed by atoms with E-state index in [1.165, 1.54) is 5.56 Å². The van der Waals surface area contributed by atoms with Gasteiger partial charge in [0, 0.05) is 5.56 Å². The first-order valence-corrected chi connectivity index (χ1v) is 6.20. The second kappa shape index (κ2) is 4.43. The van der Waals surface area contributed by atoms with Gasteiger partial charge in [-0.3, -0.25) is 0 Å². The molecule has 3 nitrogen and oxygen atoms in total. The molecule has 0 saturated carbocycles. The molecule has 96 valence electrons. The molecular weight excluding hydrogens is 238 g/mol. The minimum absolute atomic E-state index is 0.645. The molecule has 0 unspecified atom stereocenters. The predicted molar refractivity (Wildman–Crippen MR) is 75.5 cm³/mol. The number of hydrogen-bond donors (Lipinski definition) is 0. The van der Waals surface area contributed by atoms with Crippen LogP contribution in [0.15, 0.2) is 40.8 Å². The van der Waals surface area contributed by atoms with Crippen LogP contribution in [0, 0.1) is 13.8 Å². The van der Waals surface area contributed by atoms with Crippen molar-refractivity contribution in [3.8, 4) is 17.2 Å². The lowest BCUT2D eigenvalue weighted by molar-refractivity contribution is 0.415. The molecular formula is C16H15NO2. The van der Waals surface area contributed by atoms with Gasteiger partial charge < -0.3 is 9.15 Å². The minimum atomic E-state index is 0.645. The van der Waals surface area contributed by atoms with Gasteiger partial charge >= 0.3 is 0 Å². The van der Waals surface area contributed by atoms with Gasteiger partial charge in [0.1, 0.15) is 11.3 Å². The van der Waals surface area contributed by atoms with Gasteiger partial charge in [-0.2, -0.15) is 0 Å². The van der Waals surface area contributed by atoms with Crippen LogP contribution in [0.1, 0.15) is 11.1 Å². The first-order chi connectivity index (χ1) is 9.19. The van der Waals surface area contributed by atoms with E-state index in [1.807, 2.05) is 30.3 Å². The number of ether oxygens (including phenoxy) is 1. The largest absolute Gasteiger partial charge is 0.497 e. The maximum Gasteiger partial charge on any atom is 0.227 e. The first kappa shape index (κ1) is 11.8. The highest BCUT2D eigenvalue weighted by molar-refractivity contribution is 5.80. The Labute approximate surface area is 111 Å². The van der Waals surface area contributed by atoms with Crippen molar-refractivity contribution in [3.63, 3.8) is 0 Å². The summed E-state index contributed by atoms with van der Waals surface area (Å²) in [6.07, 6.45) is 0. The van der Waals surface area contributed by atoms with Crippen LogP contribution in [-0.2, 0) is 0 Å². The molecule has 19 heavy (non-hydrogen) atoms. The fraction of sp³-hybridized carbons (Fsp3) is 0.188. The number of rotatable bonds is 2. The third-order valence-corrected chi connectivity index (χ3v) is 3.41. The van der Waals surface area contributed by atoms with Crippen LogP contribution in [-0.4, -0.2) is 12.1 Å². The Hall–Kier alpha value is -2.29. The number of aromatic nitrogens is 1. The van der Waals surface area contributed by atoms with Gasteiger partial charge in [0.2, 0.25) is 5.89 Å². The molecule has 0 bridgehead atoms. The van der Waals surface area contributed by atoms with Crippen LogP contribution in [0.25, 0.3) is 22.6 Å². The predicted octanol–water partition coefficient (Wildman–Crippen LogP) is 4.12. The topological polar surface area (TPSA) is 35.3 Å². The Kier molecular flexibility index (Phi) is 2.75. The van der Waals surface area contributed by atoms with Crippen molar-refractivity contribution >= 4 is 11.1 Å². The summed E-state index contributed by atoms with van der Waals surface area (Å²) >= 11 is 0. The normalized spacial score (nSPS) is 10.9. The molecule has 0 aliphatic heterocycles. The van der Waals surface area contributed by atoms with Crippen LogP contribution in [0.2, 0.25) is 0 Å². The van der Waals surface area contributed by atoms with E-state index in [4.69, 9.17) is 9.15 Å². The van der Waals surface area contributed by atoms with Crippen molar-refractivity contribution in [2.45, 2.75) is 13.8 Å². The van der Waals surface area contributed by atoms with E-state index in [2.05, 4.69) is 24.9 Å². The standard InChI is InChI=1S/C16H15NO2/c1-10-4-9-14-15(11(10)2)19-16(17-14)12-5-7-13(18-3)8-6-12/h4-9H,1-3H3. The van der Waals surface area contributed by atoms with E-state index in [9.17, 15) is 0 Å². The molecule has 1 heterocycles. The van der Waals surface area contributed by atoms with Crippen molar-refractivity contribution in [2.75, 3.05) is 7.11 Å². The number of aryl methyl sites for hydroxylation is 2. The number of hydrogen-bond acceptors (Lipinski definition) is 3. The van der Waals surface area contributed by atoms with Gasteiger partial charge in [-0.25, -0.2) is 4.98 Å². The maximum absolute atomic E-state index is 5.89. The molecule has 0 fully saturated rings. The van der Waals surface area contributed by atoms with Crippen LogP contribution in [0.5, 0.6) is 5.75 Å². The molecule has 0 aliphatic rings. The second-order valence-corrected chi connectivity index (χ2v) is 4.60. The molecule has 0 amide bonds. The highest BCUT2D eigenvalue weighted by Crippen LogP contribution is 2.28. The molecule has 0 spiro atoms. The fourth-order valence-corrected chi connectivity index (χ4v) is 2.08. The SMILES string of the molecule is COc1ccc(-c2nc3ccc(C)c(C)c3o2)cc1. The lowest BCUT2D eigenvalue weighted by Crippen LogP contribution is -1.82. The zero-order valence-electron chi connectivity index (χ0n) is 11.2. The zero-order chi connectivity index (χ0) is 13.4. The van der Waals surface area contributed by atoms with Crippen LogP contribution in [0.3, 0.4) is 0 Å². The Morgan fingerprint density at radius 3 is 2.42 bits per heavy atom. The Balaban J connectivity index is 2.12. The van der Waals surface area contributed by atoms with Crippen molar-refractivity contribution in [1.29, 1.82) is 0 Å². The minimum Gasteiger partial charge on any atom is -0.497 e. The summed E-state index contributed by atoms with van der Waals surface area (Å²) in [6, 6.07) is 11.8. The lowest BCUT2D eigenvalue weighted by atomic mass is 10.1. The van der Waals surface area contributed by atoms with Gasteiger partial charge in [-0.1, -0.05) is 6.07 Å². The molecule has 0 N–H and O–H groups in total. The zero-order valence-corrected chi connectivity index (χ0v) is 11.2. The monoisotopic (exact) mass is 253 g/mol. The molecule has 0 radical (unpaired) electrons. The third-order valence-electron chi connectivity index (χ3n) is 3.41. The quantitative estimate of drug-likeness (QED) is 0.689. The van der Waals surface area contributed by atoms with E-state index in [0.717, 1.165) is 28.0 Å². The number of fused-ring (bicyclic) bond motifs is 1. The van der Waals surface area contributed by atoms with E-state index in [-0.39, 0.29) is 0 Å². The smallest absolute Gasteiger partial charge is 0.227 e. The highest BCUT2D eigenvalue weighted by atomic mass is 16.5. The summed E-state index contributed by atoms with van der Waals surface area (Å²) in [7, 11) is 1.65. The van der Waals surface area contributed by atoms with Gasteiger partial charge in [0.05, 0.1) is 7.11 Å². The summed E-state index contributed by atoms with van der Waals surface area (Å²) in [5.74, 6) is 1.47. The van der Waals surface area contributed by atoms with E-state index >= 15 is 0 Å². The molecule has 2 aromatic carbocycles. The summed E-state index contributed by atoms with van der Waals surface area (Å²) in [5.41, 5.74) is 5.07. The van der Waals surface area contributed by atoms with Gasteiger partial charge in [-0.15, -0.1) is 0 Å². The maximum atomic E-state index is 5.89. The van der Waals surface area contributed by atoms with Crippen LogP contribution < -0.4 is 4.74 Å². The summed E-state index contributed by atoms with van der Waals surface area (Å²) in [6.45, 7) is 4.13. The number of methoxy groups -OCH3 is 1. The number of benzene rings is 2. The van der Waals surface area contributed by atoms with Gasteiger partial charge in [0.15, 0.2) is 5.58 Å². The van der Waals surface area contributed by atoms with E-state index < -0.39 is 0 Å². The summed E-state index contributed by atoms with van der Waals surface area (Å²) < 4.78 is 11.0. The number of oxazole rings is 1. The van der Waals surface area contributed by atoms with Gasteiger partial charge in [0.25, 0.3) is 0 Å². The molecule has 0 atom stereocenters. The molecule has 3 heteroatoms. The summed E-state index contributed by atoms with van der Waals surface area (Å²) in [4.78, 5) is 4.53. The molecule has 3 rings (SSSR count). The van der Waals surface area contributed by atoms with Crippen LogP contribution in [0.4, 0.5) is 0 Å². The van der Waals surface area contributed by atoms with Crippen molar-refractivity contribution < 1.29 is 9.15 Å². The van der Waals surface area contributed by atoms with E-state index in [1.54, 1.807) is 7.11 Å². The first-order valence-electron chi connectivity index (χ1n) is 6.20. The summed E-state index contributed by atoms with van der Waals surface area (Å²) in [5, 5.41) is 0. The Bertz CT molecular complexity index is 726. The Morgan fingerprint density at radius 1 is 1.00 bits per heavy atom. The average molecular weight is 253 g/mol. The molecule has 0 aliphatic carbocycles. The van der Waals surface area contributed by atoms with Crippen LogP contribution >= 0.6 is 0 Å². The van der Waals surface area contributed by atoms with Crippen molar-refractivity contribution in [1.82, 2.24) is 4.98 Å². The highest BCUT2D eigenvalue weighted by Gasteiger charge is 2.11. The Morgan fingerprint density at radius 2 is 1.74 bits per heavy atom. The molecule has 3 aromatic rings. The van der Waals surface area contributed by atoms with E-state index in [0.29, 0.717) is 5.89 Å². The third kappa shape index (κ3) is 1.97. The molecule has 1 aromatic heterocycles. The average Bonchev–Trinajstić information content (AvgIpc) is 2.88. The number of nitrogens with zero attached hydrogens (tertiary/aromatic N) is 1. The van der Waals surface area contributed by atoms with Crippen molar-refractivity contribution in [2.24, 2.45) is 0 Å². The second-order valence-electron chi connectivity index (χ2n) is 4.60. The fourth-order valence-electron chi connectivity index (χ4n) is 2.08. The van der Waals surface area contributed by atoms with Crippen molar-refractivity contribution in [3.05, 3.63) is 47.5 Å². The molecule has 0 saturated heterocycles.